The number of nitro benzene ring substituents is 1. The minimum atomic E-state index is -1.49. The third kappa shape index (κ3) is 20.7. The highest BCUT2D eigenvalue weighted by Crippen LogP contribution is 2.22. The number of hydrogen-bond donors (Lipinski definition) is 9. The SMILES string of the molecule is Nc1nc2nc(CNc3ccc(C(=O)NC(CCC(=O)NCCCOCCOCCOCCCNC(=O)CCC(=O)OCC(NC(=O)C(Cl)Cl)C(O)c4ccc([N+](=O)[O-])cc4)C(=O)O)cc3)cnc2c(=O)[nH]1. The third-order valence-corrected chi connectivity index (χ3v) is 10.4. The maximum absolute atomic E-state index is 12.8. The molecule has 10 N–H and O–H groups in total. The van der Waals surface area contributed by atoms with Crippen LogP contribution < -0.4 is 37.9 Å². The number of nitrogen functional groups attached to an aromatic ring is 1. The van der Waals surface area contributed by atoms with Gasteiger partial charge in [-0.1, -0.05) is 23.2 Å². The predicted molar refractivity (Wildman–Crippen MR) is 258 cm³/mol. The summed E-state index contributed by atoms with van der Waals surface area (Å²) < 4.78 is 21.6. The molecule has 26 nitrogen and oxygen atoms in total. The van der Waals surface area contributed by atoms with E-state index in [0.29, 0.717) is 70.4 Å². The number of H-pyrrole nitrogens is 1. The normalized spacial score (nSPS) is 12.3. The van der Waals surface area contributed by atoms with Crippen LogP contribution in [0.15, 0.2) is 59.5 Å². The van der Waals surface area contributed by atoms with Gasteiger partial charge in [-0.3, -0.25) is 43.9 Å². The number of benzene rings is 2. The maximum atomic E-state index is 12.8. The first-order chi connectivity index (χ1) is 34.5. The molecule has 0 aliphatic heterocycles. The first-order valence-corrected chi connectivity index (χ1v) is 23.2. The number of aliphatic hydroxyl groups excluding tert-OH is 1. The lowest BCUT2D eigenvalue weighted by Crippen LogP contribution is -2.45. The summed E-state index contributed by atoms with van der Waals surface area (Å²) in [5.41, 5.74) is 6.50. The second kappa shape index (κ2) is 30.6. The number of aromatic nitrogens is 4. The highest BCUT2D eigenvalue weighted by Gasteiger charge is 2.27. The number of nitrogens with zero attached hydrogens (tertiary/aromatic N) is 4. The Morgan fingerprint density at radius 3 is 2.03 bits per heavy atom. The Bertz CT molecular complexity index is 2500. The van der Waals surface area contributed by atoms with E-state index in [0.717, 1.165) is 12.1 Å². The molecule has 390 valence electrons. The van der Waals surface area contributed by atoms with E-state index in [1.807, 2.05) is 0 Å². The third-order valence-electron chi connectivity index (χ3n) is 10.0. The molecule has 0 aliphatic carbocycles. The molecule has 3 atom stereocenters. The van der Waals surface area contributed by atoms with Crippen LogP contribution >= 0.6 is 23.2 Å². The number of hydrogen-bond acceptors (Lipinski definition) is 19. The van der Waals surface area contributed by atoms with Gasteiger partial charge in [0.2, 0.25) is 17.8 Å². The summed E-state index contributed by atoms with van der Waals surface area (Å²) in [6, 6.07) is 8.61. The number of rotatable bonds is 33. The number of carbonyl (C=O) groups excluding carboxylic acids is 5. The van der Waals surface area contributed by atoms with Crippen LogP contribution in [0.3, 0.4) is 0 Å². The molecule has 0 aliphatic rings. The van der Waals surface area contributed by atoms with E-state index < -0.39 is 69.8 Å². The van der Waals surface area contributed by atoms with E-state index in [2.05, 4.69) is 46.5 Å². The van der Waals surface area contributed by atoms with Crippen molar-refractivity contribution in [3.8, 4) is 0 Å². The van der Waals surface area contributed by atoms with E-state index in [-0.39, 0.29) is 78.6 Å². The molecule has 0 bridgehead atoms. The van der Waals surface area contributed by atoms with Crippen LogP contribution in [0.5, 0.6) is 0 Å². The maximum Gasteiger partial charge on any atom is 0.326 e. The van der Waals surface area contributed by atoms with Crippen molar-refractivity contribution in [2.45, 2.75) is 68.1 Å². The van der Waals surface area contributed by atoms with E-state index >= 15 is 0 Å². The largest absolute Gasteiger partial charge is 0.480 e. The number of carboxylic acids is 1. The fraction of sp³-hybridized carbons (Fsp3) is 0.455. The van der Waals surface area contributed by atoms with Crippen LogP contribution in [0.25, 0.3) is 11.2 Å². The van der Waals surface area contributed by atoms with Crippen molar-refractivity contribution in [2.24, 2.45) is 0 Å². The molecule has 2 heterocycles. The minimum absolute atomic E-state index is 0.0505. The summed E-state index contributed by atoms with van der Waals surface area (Å²) in [4.78, 5) is 109. The van der Waals surface area contributed by atoms with Crippen LogP contribution in [-0.2, 0) is 49.5 Å². The van der Waals surface area contributed by atoms with Gasteiger partial charge < -0.3 is 61.5 Å². The van der Waals surface area contributed by atoms with Gasteiger partial charge in [-0.05, 0) is 61.2 Å². The Morgan fingerprint density at radius 1 is 0.819 bits per heavy atom. The Balaban J connectivity index is 0.961. The van der Waals surface area contributed by atoms with E-state index in [4.69, 9.17) is 47.9 Å². The molecular weight excluding hydrogens is 993 g/mol. The van der Waals surface area contributed by atoms with Crippen molar-refractivity contribution in [2.75, 3.05) is 70.4 Å². The number of non-ortho nitro benzene ring substituents is 1. The lowest BCUT2D eigenvalue weighted by Gasteiger charge is -2.24. The van der Waals surface area contributed by atoms with Gasteiger partial charge >= 0.3 is 11.9 Å². The average molecular weight is 1050 g/mol. The number of anilines is 2. The number of aromatic amines is 1. The molecule has 2 aromatic heterocycles. The van der Waals surface area contributed by atoms with Gasteiger partial charge in [0, 0.05) is 62.5 Å². The highest BCUT2D eigenvalue weighted by molar-refractivity contribution is 6.53. The molecular formula is C44H55Cl2N11O15. The number of carboxylic acid groups (broad SMARTS) is 1. The molecule has 0 saturated carbocycles. The van der Waals surface area contributed by atoms with Crippen molar-refractivity contribution in [1.29, 1.82) is 0 Å². The molecule has 72 heavy (non-hydrogen) atoms. The Hall–Kier alpha value is -7.10. The van der Waals surface area contributed by atoms with Gasteiger partial charge in [0.15, 0.2) is 16.0 Å². The van der Waals surface area contributed by atoms with Gasteiger partial charge in [-0.15, -0.1) is 0 Å². The van der Waals surface area contributed by atoms with Crippen LogP contribution in [0.4, 0.5) is 17.3 Å². The molecule has 4 aromatic rings. The van der Waals surface area contributed by atoms with Gasteiger partial charge in [0.05, 0.1) is 62.2 Å². The Morgan fingerprint density at radius 2 is 1.43 bits per heavy atom. The second-order valence-corrected chi connectivity index (χ2v) is 16.6. The van der Waals surface area contributed by atoms with Crippen molar-refractivity contribution >= 4 is 87.3 Å². The zero-order valence-electron chi connectivity index (χ0n) is 38.6. The molecule has 4 rings (SSSR count). The standard InChI is InChI=1S/C44H55Cl2N11O15/c45-38(46)42(64)54-32(37(61)26-5-9-30(10-6-26)57(67)68)25-72-35(60)14-13-34(59)49-16-2-18-70-20-22-71-21-19-69-17-1-15-48-33(58)12-11-31(43(65)66)53-40(62)27-3-7-28(8-4-27)50-23-29-24-51-36-39(52-29)55-44(47)56-41(36)63/h3-10,24,31-32,37-38,50,61H,1-2,11-23,25H2,(H,48,58)(H,49,59)(H,53,62)(H,54,64)(H,65,66)(H3,47,52,55,56,63). The van der Waals surface area contributed by atoms with Gasteiger partial charge in [0.1, 0.15) is 18.8 Å². The fourth-order valence-corrected chi connectivity index (χ4v) is 6.36. The lowest BCUT2D eigenvalue weighted by molar-refractivity contribution is -0.384. The fourth-order valence-electron chi connectivity index (χ4n) is 6.24. The number of aliphatic carboxylic acids is 1. The van der Waals surface area contributed by atoms with Gasteiger partial charge in [-0.2, -0.15) is 4.98 Å². The van der Waals surface area contributed by atoms with E-state index in [1.54, 1.807) is 12.1 Å². The summed E-state index contributed by atoms with van der Waals surface area (Å²) in [7, 11) is 0. The van der Waals surface area contributed by atoms with Gasteiger partial charge in [-0.25, -0.2) is 14.8 Å². The van der Waals surface area contributed by atoms with Crippen molar-refractivity contribution < 1.29 is 62.9 Å². The molecule has 0 saturated heterocycles. The molecule has 0 fully saturated rings. The Kier molecular flexibility index (Phi) is 24.4. The quantitative estimate of drug-likeness (QED) is 0.0106. The van der Waals surface area contributed by atoms with E-state index in [1.165, 1.54) is 30.5 Å². The number of aliphatic hydroxyl groups is 1. The van der Waals surface area contributed by atoms with Crippen molar-refractivity contribution in [3.63, 3.8) is 0 Å². The number of fused-ring (bicyclic) bond motifs is 1. The molecule has 4 amide bonds. The number of ether oxygens (including phenoxy) is 4. The van der Waals surface area contributed by atoms with Crippen molar-refractivity contribution in [1.82, 2.24) is 41.2 Å². The molecule has 2 aromatic carbocycles. The van der Waals surface area contributed by atoms with Crippen LogP contribution in [0.1, 0.15) is 66.2 Å². The number of amides is 4. The molecule has 28 heteroatoms. The zero-order valence-corrected chi connectivity index (χ0v) is 40.2. The summed E-state index contributed by atoms with van der Waals surface area (Å²) >= 11 is 11.2. The van der Waals surface area contributed by atoms with Crippen LogP contribution in [0, 0.1) is 10.1 Å². The molecule has 0 radical (unpaired) electrons. The predicted octanol–water partition coefficient (Wildman–Crippen LogP) is 1.19. The summed E-state index contributed by atoms with van der Waals surface area (Å²) in [5, 5.41) is 44.6. The monoisotopic (exact) mass is 1050 g/mol. The lowest BCUT2D eigenvalue weighted by atomic mass is 10.0. The first kappa shape index (κ1) is 57.5. The minimum Gasteiger partial charge on any atom is -0.480 e. The Labute approximate surface area is 420 Å². The average Bonchev–Trinajstić information content (AvgIpc) is 3.35. The van der Waals surface area contributed by atoms with E-state index in [9.17, 15) is 53.9 Å². The van der Waals surface area contributed by atoms with Crippen LogP contribution in [0.2, 0.25) is 0 Å². The highest BCUT2D eigenvalue weighted by atomic mass is 35.5. The summed E-state index contributed by atoms with van der Waals surface area (Å²) in [6.45, 7) is 2.15. The number of halogens is 2. The number of nitrogens with two attached hydrogens (primary N) is 1. The second-order valence-electron chi connectivity index (χ2n) is 15.5. The van der Waals surface area contributed by atoms with Crippen LogP contribution in [-0.4, -0.2) is 147 Å². The molecule has 3 unspecified atom stereocenters. The topological polar surface area (TPSA) is 381 Å². The number of carbonyl (C=O) groups is 6. The zero-order chi connectivity index (χ0) is 52.4. The number of nitro groups is 1. The van der Waals surface area contributed by atoms with Gasteiger partial charge in [0.25, 0.3) is 23.1 Å². The molecule has 0 spiro atoms. The van der Waals surface area contributed by atoms with Crippen molar-refractivity contribution in [3.05, 3.63) is 92.0 Å². The number of alkyl halides is 2. The number of esters is 1. The summed E-state index contributed by atoms with van der Waals surface area (Å²) in [5.74, 6) is -4.46. The first-order valence-electron chi connectivity index (χ1n) is 22.3. The summed E-state index contributed by atoms with van der Waals surface area (Å²) in [6.07, 6.45) is 0.199. The number of nitrogens with one attached hydrogen (secondary N) is 6. The smallest absolute Gasteiger partial charge is 0.326 e.